The van der Waals surface area contributed by atoms with Crippen molar-refractivity contribution in [2.24, 2.45) is 16.6 Å². The molecule has 0 aromatic rings. The summed E-state index contributed by atoms with van der Waals surface area (Å²) in [4.78, 5) is 14.9. The van der Waals surface area contributed by atoms with E-state index in [0.717, 1.165) is 12.8 Å². The summed E-state index contributed by atoms with van der Waals surface area (Å²) in [6.07, 6.45) is 5.92. The average Bonchev–Trinajstić information content (AvgIpc) is 2.56. The van der Waals surface area contributed by atoms with E-state index in [9.17, 15) is 4.79 Å². The van der Waals surface area contributed by atoms with E-state index in [1.54, 1.807) is 0 Å². The van der Waals surface area contributed by atoms with E-state index >= 15 is 0 Å². The Morgan fingerprint density at radius 3 is 2.17 bits per heavy atom. The molecule has 0 bridgehead atoms. The standard InChI is InChI=1S/C7H12N2OS.C6H12O/c1-4(2)7(3)5(10)9-6(8)11-7;7-6-4-2-1-3-5-6/h4H,1-3H3,(H2,8,9,10);6-7H,1-5H2. The van der Waals surface area contributed by atoms with E-state index < -0.39 is 4.75 Å². The lowest BCUT2D eigenvalue weighted by Crippen LogP contribution is -2.33. The maximum atomic E-state index is 11.3. The van der Waals surface area contributed by atoms with Crippen molar-refractivity contribution in [2.75, 3.05) is 0 Å². The van der Waals surface area contributed by atoms with Gasteiger partial charge in [-0.25, -0.2) is 0 Å². The maximum Gasteiger partial charge on any atom is 0.264 e. The summed E-state index contributed by atoms with van der Waals surface area (Å²) in [7, 11) is 0. The third-order valence-corrected chi connectivity index (χ3v) is 5.00. The number of thioether (sulfide) groups is 1. The SMILES string of the molecule is CC(C)C1(C)SC(N)=NC1=O.OC1CCCCC1. The van der Waals surface area contributed by atoms with Gasteiger partial charge in [-0.05, 0) is 25.7 Å². The summed E-state index contributed by atoms with van der Waals surface area (Å²) in [6, 6.07) is 0. The predicted octanol–water partition coefficient (Wildman–Crippen LogP) is 2.30. The molecule has 0 aromatic heterocycles. The number of hydrogen-bond acceptors (Lipinski definition) is 4. The highest BCUT2D eigenvalue weighted by atomic mass is 32.2. The Labute approximate surface area is 113 Å². The highest BCUT2D eigenvalue weighted by Gasteiger charge is 2.42. The van der Waals surface area contributed by atoms with Crippen molar-refractivity contribution in [2.45, 2.75) is 63.7 Å². The fraction of sp³-hybridized carbons (Fsp3) is 0.846. The van der Waals surface area contributed by atoms with Crippen molar-refractivity contribution in [3.8, 4) is 0 Å². The Bertz CT molecular complexity index is 325. The molecule has 1 amide bonds. The number of aliphatic imine (C=N–C) groups is 1. The van der Waals surface area contributed by atoms with Gasteiger partial charge < -0.3 is 10.8 Å². The van der Waals surface area contributed by atoms with Gasteiger partial charge in [-0.3, -0.25) is 4.79 Å². The molecule has 104 valence electrons. The zero-order chi connectivity index (χ0) is 13.8. The highest BCUT2D eigenvalue weighted by molar-refractivity contribution is 8.16. The van der Waals surface area contributed by atoms with Gasteiger partial charge in [-0.2, -0.15) is 4.99 Å². The van der Waals surface area contributed by atoms with Gasteiger partial charge in [0, 0.05) is 0 Å². The number of nitrogens with two attached hydrogens (primary N) is 1. The largest absolute Gasteiger partial charge is 0.393 e. The Balaban J connectivity index is 0.000000199. The van der Waals surface area contributed by atoms with Gasteiger partial charge in [0.25, 0.3) is 5.91 Å². The van der Waals surface area contributed by atoms with Crippen molar-refractivity contribution in [3.63, 3.8) is 0 Å². The molecule has 0 radical (unpaired) electrons. The molecule has 1 heterocycles. The van der Waals surface area contributed by atoms with Crippen LogP contribution in [-0.2, 0) is 4.79 Å². The molecule has 5 heteroatoms. The second-order valence-electron chi connectivity index (χ2n) is 5.41. The minimum Gasteiger partial charge on any atom is -0.393 e. The summed E-state index contributed by atoms with van der Waals surface area (Å²) in [6.45, 7) is 5.88. The molecule has 18 heavy (non-hydrogen) atoms. The number of rotatable bonds is 1. The van der Waals surface area contributed by atoms with Crippen LogP contribution in [-0.4, -0.2) is 27.0 Å². The van der Waals surface area contributed by atoms with E-state index in [1.807, 2.05) is 20.8 Å². The van der Waals surface area contributed by atoms with Crippen LogP contribution in [0.5, 0.6) is 0 Å². The second kappa shape index (κ2) is 6.57. The number of amidine groups is 1. The van der Waals surface area contributed by atoms with Crippen LogP contribution >= 0.6 is 11.8 Å². The molecule has 2 rings (SSSR count). The molecule has 1 saturated carbocycles. The quantitative estimate of drug-likeness (QED) is 0.768. The minimum atomic E-state index is -0.427. The van der Waals surface area contributed by atoms with Crippen molar-refractivity contribution in [1.29, 1.82) is 0 Å². The zero-order valence-corrected chi connectivity index (χ0v) is 12.3. The van der Waals surface area contributed by atoms with Gasteiger partial charge in [0.2, 0.25) is 0 Å². The Morgan fingerprint density at radius 1 is 1.39 bits per heavy atom. The van der Waals surface area contributed by atoms with Gasteiger partial charge in [-0.15, -0.1) is 0 Å². The molecule has 1 aliphatic carbocycles. The summed E-state index contributed by atoms with van der Waals surface area (Å²) >= 11 is 1.36. The molecular formula is C13H24N2O2S. The summed E-state index contributed by atoms with van der Waals surface area (Å²) in [5.41, 5.74) is 5.43. The lowest BCUT2D eigenvalue weighted by atomic mass is 9.96. The number of aliphatic hydroxyl groups excluding tert-OH is 1. The molecular weight excluding hydrogens is 248 g/mol. The molecule has 0 saturated heterocycles. The van der Waals surface area contributed by atoms with E-state index in [0.29, 0.717) is 5.17 Å². The fourth-order valence-electron chi connectivity index (χ4n) is 1.94. The van der Waals surface area contributed by atoms with E-state index in [2.05, 4.69) is 4.99 Å². The Hall–Kier alpha value is -0.550. The topological polar surface area (TPSA) is 75.7 Å². The van der Waals surface area contributed by atoms with Gasteiger partial charge >= 0.3 is 0 Å². The van der Waals surface area contributed by atoms with Crippen LogP contribution in [0.1, 0.15) is 52.9 Å². The van der Waals surface area contributed by atoms with E-state index in [4.69, 9.17) is 10.8 Å². The lowest BCUT2D eigenvalue weighted by molar-refractivity contribution is -0.120. The molecule has 1 atom stereocenters. The number of carbonyl (C=O) groups excluding carboxylic acids is 1. The second-order valence-corrected chi connectivity index (χ2v) is 6.88. The summed E-state index contributed by atoms with van der Waals surface area (Å²) < 4.78 is -0.427. The minimum absolute atomic E-state index is 0.0359. The first kappa shape index (κ1) is 15.5. The number of aliphatic hydroxyl groups is 1. The van der Waals surface area contributed by atoms with E-state index in [1.165, 1.54) is 31.0 Å². The van der Waals surface area contributed by atoms with Crippen LogP contribution in [0, 0.1) is 5.92 Å². The normalized spacial score (nSPS) is 28.9. The van der Waals surface area contributed by atoms with Crippen LogP contribution in [0.3, 0.4) is 0 Å². The van der Waals surface area contributed by atoms with Crippen molar-refractivity contribution in [3.05, 3.63) is 0 Å². The van der Waals surface area contributed by atoms with Crippen molar-refractivity contribution < 1.29 is 9.90 Å². The molecule has 4 nitrogen and oxygen atoms in total. The van der Waals surface area contributed by atoms with Crippen LogP contribution in [0.2, 0.25) is 0 Å². The molecule has 2 aliphatic rings. The van der Waals surface area contributed by atoms with Crippen LogP contribution in [0.15, 0.2) is 4.99 Å². The monoisotopic (exact) mass is 272 g/mol. The van der Waals surface area contributed by atoms with Gasteiger partial charge in [0.15, 0.2) is 5.17 Å². The summed E-state index contributed by atoms with van der Waals surface area (Å²) in [5.74, 6) is 0.166. The first-order valence-electron chi connectivity index (χ1n) is 6.62. The first-order valence-corrected chi connectivity index (χ1v) is 7.43. The van der Waals surface area contributed by atoms with Crippen LogP contribution in [0.4, 0.5) is 0 Å². The predicted molar refractivity (Wildman–Crippen MR) is 76.6 cm³/mol. The number of amides is 1. The molecule has 1 unspecified atom stereocenters. The Kier molecular flexibility index (Phi) is 5.66. The first-order chi connectivity index (χ1) is 8.36. The van der Waals surface area contributed by atoms with Crippen molar-refractivity contribution >= 4 is 22.8 Å². The smallest absolute Gasteiger partial charge is 0.264 e. The number of nitrogens with zero attached hydrogens (tertiary/aromatic N) is 1. The summed E-state index contributed by atoms with van der Waals surface area (Å²) in [5, 5.41) is 9.30. The maximum absolute atomic E-state index is 11.3. The molecule has 1 fully saturated rings. The van der Waals surface area contributed by atoms with Crippen LogP contribution < -0.4 is 5.73 Å². The Morgan fingerprint density at radius 2 is 1.94 bits per heavy atom. The number of hydrogen-bond donors (Lipinski definition) is 2. The number of carbonyl (C=O) groups is 1. The van der Waals surface area contributed by atoms with E-state index in [-0.39, 0.29) is 17.9 Å². The molecule has 0 spiro atoms. The van der Waals surface area contributed by atoms with Crippen LogP contribution in [0.25, 0.3) is 0 Å². The lowest BCUT2D eigenvalue weighted by Gasteiger charge is -2.23. The zero-order valence-electron chi connectivity index (χ0n) is 11.5. The average molecular weight is 272 g/mol. The fourth-order valence-corrected chi connectivity index (χ4v) is 2.87. The molecule has 0 aromatic carbocycles. The van der Waals surface area contributed by atoms with Gasteiger partial charge in [0.1, 0.15) is 4.75 Å². The third-order valence-electron chi connectivity index (χ3n) is 3.63. The molecule has 3 N–H and O–H groups in total. The molecule has 1 aliphatic heterocycles. The van der Waals surface area contributed by atoms with Crippen molar-refractivity contribution in [1.82, 2.24) is 0 Å². The highest BCUT2D eigenvalue weighted by Crippen LogP contribution is 2.38. The third kappa shape index (κ3) is 3.99. The van der Waals surface area contributed by atoms with Gasteiger partial charge in [-0.1, -0.05) is 44.9 Å². The van der Waals surface area contributed by atoms with Gasteiger partial charge in [0.05, 0.1) is 6.10 Å².